The number of rotatable bonds is 8. The van der Waals surface area contributed by atoms with Crippen LogP contribution in [0, 0.1) is 6.92 Å². The zero-order valence-corrected chi connectivity index (χ0v) is 19.8. The molecule has 2 aromatic heterocycles. The monoisotopic (exact) mass is 449 g/mol. The van der Waals surface area contributed by atoms with E-state index in [0.717, 1.165) is 23.4 Å². The Morgan fingerprint density at radius 3 is 2.63 bits per heavy atom. The number of benzene rings is 1. The smallest absolute Gasteiger partial charge is 0.280 e. The van der Waals surface area contributed by atoms with Crippen LogP contribution < -0.4 is 9.64 Å². The number of anilines is 1. The van der Waals surface area contributed by atoms with E-state index < -0.39 is 0 Å². The topological polar surface area (TPSA) is 63.5 Å². The Balaban J connectivity index is 2.02. The summed E-state index contributed by atoms with van der Waals surface area (Å²) >= 11 is 7.79. The lowest BCUT2D eigenvalue weighted by molar-refractivity contribution is 0.0980. The standard InChI is InChI=1S/C21H28ClN5O2S/c1-13(2)27-14(3)12-16(24-27)20(28)26(11-7-10-25(4)5)21-23-18-17(29-6)9-8-15(22)19(18)30-21/h8-9,12-13H,7,10-11H2,1-6H3. The summed E-state index contributed by atoms with van der Waals surface area (Å²) in [4.78, 5) is 22.0. The first-order valence-corrected chi connectivity index (χ1v) is 11.1. The maximum Gasteiger partial charge on any atom is 0.280 e. The summed E-state index contributed by atoms with van der Waals surface area (Å²) < 4.78 is 8.11. The van der Waals surface area contributed by atoms with E-state index in [1.807, 2.05) is 45.6 Å². The van der Waals surface area contributed by atoms with Crippen LogP contribution in [0.15, 0.2) is 18.2 Å². The van der Waals surface area contributed by atoms with Crippen molar-refractivity contribution in [2.45, 2.75) is 33.2 Å². The number of hydrogen-bond donors (Lipinski definition) is 0. The molecule has 3 rings (SSSR count). The van der Waals surface area contributed by atoms with Crippen molar-refractivity contribution in [2.24, 2.45) is 0 Å². The van der Waals surface area contributed by atoms with Gasteiger partial charge in [0, 0.05) is 18.3 Å². The van der Waals surface area contributed by atoms with Crippen molar-refractivity contribution < 1.29 is 9.53 Å². The van der Waals surface area contributed by atoms with Crippen molar-refractivity contribution in [3.05, 3.63) is 34.6 Å². The number of hydrogen-bond acceptors (Lipinski definition) is 6. The van der Waals surface area contributed by atoms with E-state index in [4.69, 9.17) is 21.3 Å². The number of ether oxygens (including phenoxy) is 1. The van der Waals surface area contributed by atoms with Crippen molar-refractivity contribution in [3.63, 3.8) is 0 Å². The summed E-state index contributed by atoms with van der Waals surface area (Å²) in [5, 5.41) is 5.73. The molecule has 0 radical (unpaired) electrons. The number of carbonyl (C=O) groups is 1. The molecule has 0 aliphatic heterocycles. The van der Waals surface area contributed by atoms with Gasteiger partial charge in [0.1, 0.15) is 11.3 Å². The molecule has 9 heteroatoms. The number of fused-ring (bicyclic) bond motifs is 1. The number of thiazole rings is 1. The molecule has 0 aliphatic carbocycles. The normalized spacial score (nSPS) is 11.6. The Morgan fingerprint density at radius 2 is 2.03 bits per heavy atom. The molecule has 30 heavy (non-hydrogen) atoms. The third kappa shape index (κ3) is 4.61. The molecule has 0 fully saturated rings. The van der Waals surface area contributed by atoms with Crippen LogP contribution >= 0.6 is 22.9 Å². The second-order valence-corrected chi connectivity index (χ2v) is 9.13. The van der Waals surface area contributed by atoms with Gasteiger partial charge in [0.15, 0.2) is 10.8 Å². The highest BCUT2D eigenvalue weighted by atomic mass is 35.5. The minimum atomic E-state index is -0.162. The average Bonchev–Trinajstić information content (AvgIpc) is 3.29. The Kier molecular flexibility index (Phi) is 7.00. The second-order valence-electron chi connectivity index (χ2n) is 7.75. The maximum absolute atomic E-state index is 13.5. The first-order chi connectivity index (χ1) is 14.2. The highest BCUT2D eigenvalue weighted by Crippen LogP contribution is 2.39. The van der Waals surface area contributed by atoms with E-state index in [9.17, 15) is 4.79 Å². The molecule has 0 bridgehead atoms. The van der Waals surface area contributed by atoms with Gasteiger partial charge in [-0.25, -0.2) is 4.98 Å². The molecule has 3 aromatic rings. The largest absolute Gasteiger partial charge is 0.494 e. The molecule has 0 atom stereocenters. The summed E-state index contributed by atoms with van der Waals surface area (Å²) in [6.45, 7) is 7.45. The quantitative estimate of drug-likeness (QED) is 0.501. The molecule has 0 saturated carbocycles. The van der Waals surface area contributed by atoms with Gasteiger partial charge >= 0.3 is 0 Å². The van der Waals surface area contributed by atoms with Crippen LogP contribution in [0.5, 0.6) is 5.75 Å². The Hall–Kier alpha value is -2.16. The summed E-state index contributed by atoms with van der Waals surface area (Å²) in [5.41, 5.74) is 2.04. The lowest BCUT2D eigenvalue weighted by atomic mass is 10.3. The molecular formula is C21H28ClN5O2S. The van der Waals surface area contributed by atoms with Crippen LogP contribution in [0.25, 0.3) is 10.2 Å². The van der Waals surface area contributed by atoms with E-state index in [2.05, 4.69) is 10.00 Å². The molecule has 1 aromatic carbocycles. The van der Waals surface area contributed by atoms with Crippen molar-refractivity contribution in [3.8, 4) is 5.75 Å². The fraction of sp³-hybridized carbons (Fsp3) is 0.476. The number of nitrogens with zero attached hydrogens (tertiary/aromatic N) is 5. The van der Waals surface area contributed by atoms with E-state index in [0.29, 0.717) is 33.7 Å². The molecule has 7 nitrogen and oxygen atoms in total. The van der Waals surface area contributed by atoms with Crippen molar-refractivity contribution in [1.29, 1.82) is 0 Å². The van der Waals surface area contributed by atoms with E-state index in [1.54, 1.807) is 24.1 Å². The first kappa shape index (κ1) is 22.5. The lowest BCUT2D eigenvalue weighted by Gasteiger charge is -2.20. The molecule has 162 valence electrons. The molecule has 0 spiro atoms. The van der Waals surface area contributed by atoms with Crippen LogP contribution in [0.1, 0.15) is 42.5 Å². The van der Waals surface area contributed by atoms with E-state index in [-0.39, 0.29) is 11.9 Å². The third-order valence-corrected chi connectivity index (χ3v) is 6.30. The molecule has 0 N–H and O–H groups in total. The Bertz CT molecular complexity index is 1040. The summed E-state index contributed by atoms with van der Waals surface area (Å²) in [7, 11) is 5.63. The SMILES string of the molecule is COc1ccc(Cl)c2sc(N(CCCN(C)C)C(=O)c3cc(C)n(C(C)C)n3)nc12. The molecule has 0 saturated heterocycles. The van der Waals surface area contributed by atoms with Crippen molar-refractivity contribution >= 4 is 44.2 Å². The molecule has 0 aliphatic rings. The molecule has 1 amide bonds. The maximum atomic E-state index is 13.5. The van der Waals surface area contributed by atoms with Crippen molar-refractivity contribution in [2.75, 3.05) is 39.2 Å². The van der Waals surface area contributed by atoms with Crippen LogP contribution in [0.2, 0.25) is 5.02 Å². The van der Waals surface area contributed by atoms with Gasteiger partial charge in [0.25, 0.3) is 5.91 Å². The predicted octanol–water partition coefficient (Wildman–Crippen LogP) is 4.64. The fourth-order valence-corrected chi connectivity index (χ4v) is 4.58. The lowest BCUT2D eigenvalue weighted by Crippen LogP contribution is -2.33. The average molecular weight is 450 g/mol. The summed E-state index contributed by atoms with van der Waals surface area (Å²) in [5.74, 6) is 0.475. The van der Waals surface area contributed by atoms with Gasteiger partial charge in [-0.2, -0.15) is 5.10 Å². The molecule has 0 unspecified atom stereocenters. The predicted molar refractivity (Wildman–Crippen MR) is 123 cm³/mol. The zero-order chi connectivity index (χ0) is 22.0. The summed E-state index contributed by atoms with van der Waals surface area (Å²) in [6.07, 6.45) is 0.809. The van der Waals surface area contributed by atoms with Crippen LogP contribution in [-0.2, 0) is 0 Å². The third-order valence-electron chi connectivity index (χ3n) is 4.76. The number of amides is 1. The van der Waals surface area contributed by atoms with Gasteiger partial charge in [0.2, 0.25) is 0 Å². The van der Waals surface area contributed by atoms with Crippen molar-refractivity contribution in [1.82, 2.24) is 19.7 Å². The number of aromatic nitrogens is 3. The first-order valence-electron chi connectivity index (χ1n) is 9.88. The minimum Gasteiger partial charge on any atom is -0.494 e. The van der Waals surface area contributed by atoms with E-state index in [1.165, 1.54) is 11.3 Å². The van der Waals surface area contributed by atoms with Crippen LogP contribution in [0.4, 0.5) is 5.13 Å². The number of aryl methyl sites for hydroxylation is 1. The zero-order valence-electron chi connectivity index (χ0n) is 18.3. The Morgan fingerprint density at radius 1 is 1.30 bits per heavy atom. The highest BCUT2D eigenvalue weighted by molar-refractivity contribution is 7.23. The number of carbonyl (C=O) groups excluding carboxylic acids is 1. The fourth-order valence-electron chi connectivity index (χ4n) is 3.30. The van der Waals surface area contributed by atoms with Gasteiger partial charge in [-0.1, -0.05) is 22.9 Å². The van der Waals surface area contributed by atoms with Gasteiger partial charge in [-0.05, 0) is 66.0 Å². The number of methoxy groups -OCH3 is 1. The van der Waals surface area contributed by atoms with Crippen LogP contribution in [-0.4, -0.2) is 59.9 Å². The summed E-state index contributed by atoms with van der Waals surface area (Å²) in [6, 6.07) is 5.60. The minimum absolute atomic E-state index is 0.162. The number of halogens is 1. The molecular weight excluding hydrogens is 422 g/mol. The van der Waals surface area contributed by atoms with Gasteiger partial charge in [-0.15, -0.1) is 0 Å². The highest BCUT2D eigenvalue weighted by Gasteiger charge is 2.25. The Labute approximate surface area is 186 Å². The van der Waals surface area contributed by atoms with Crippen LogP contribution in [0.3, 0.4) is 0 Å². The molecule has 2 heterocycles. The second kappa shape index (κ2) is 9.32. The van der Waals surface area contributed by atoms with Gasteiger partial charge in [-0.3, -0.25) is 14.4 Å². The van der Waals surface area contributed by atoms with E-state index >= 15 is 0 Å². The van der Waals surface area contributed by atoms with Gasteiger partial charge in [0.05, 0.1) is 16.8 Å². The van der Waals surface area contributed by atoms with Gasteiger partial charge < -0.3 is 9.64 Å².